The molecule has 0 amide bonds. The van der Waals surface area contributed by atoms with Crippen LogP contribution in [0, 0.1) is 5.92 Å². The Labute approximate surface area is 102 Å². The predicted molar refractivity (Wildman–Crippen MR) is 55.1 cm³/mol. The molecule has 4 N–H and O–H groups in total. The Kier molecular flexibility index (Phi) is 3.82. The quantitative estimate of drug-likeness (QED) is 0.379. The number of aliphatic hydroxyl groups excluding tert-OH is 3. The molecule has 18 heavy (non-hydrogen) atoms. The number of ether oxygens (including phenoxy) is 2. The van der Waals surface area contributed by atoms with Crippen LogP contribution < -0.4 is 0 Å². The van der Waals surface area contributed by atoms with Crippen molar-refractivity contribution in [1.29, 1.82) is 0 Å². The van der Waals surface area contributed by atoms with Crippen LogP contribution in [0.4, 0.5) is 0 Å². The zero-order valence-corrected chi connectivity index (χ0v) is 9.78. The maximum absolute atomic E-state index is 11.3. The highest BCUT2D eigenvalue weighted by molar-refractivity contribution is 5.89. The van der Waals surface area contributed by atoms with E-state index < -0.39 is 47.9 Å². The maximum Gasteiger partial charge on any atom is 0.378 e. The van der Waals surface area contributed by atoms with Crippen molar-refractivity contribution < 1.29 is 39.5 Å². The van der Waals surface area contributed by atoms with Gasteiger partial charge >= 0.3 is 11.9 Å². The van der Waals surface area contributed by atoms with Gasteiger partial charge in [0.05, 0.1) is 5.92 Å². The molecule has 0 aromatic heterocycles. The summed E-state index contributed by atoms with van der Waals surface area (Å²) < 4.78 is 9.01. The van der Waals surface area contributed by atoms with E-state index in [9.17, 15) is 19.8 Å². The number of aliphatic hydroxyl groups is 4. The summed E-state index contributed by atoms with van der Waals surface area (Å²) in [5.74, 6) is -7.53. The Morgan fingerprint density at radius 3 is 2.39 bits per heavy atom. The zero-order valence-electron chi connectivity index (χ0n) is 9.78. The molecule has 0 radical (unpaired) electrons. The van der Waals surface area contributed by atoms with Gasteiger partial charge in [0, 0.05) is 0 Å². The SMILES string of the molecule is CC(C)C(=O)O[C@](O)(CO)[C@H]1OC(=O)C(O)=C1O. The van der Waals surface area contributed by atoms with Crippen molar-refractivity contribution in [3.63, 3.8) is 0 Å². The molecular weight excluding hydrogens is 248 g/mol. The fraction of sp³-hybridized carbons (Fsp3) is 0.600. The van der Waals surface area contributed by atoms with Gasteiger partial charge < -0.3 is 29.9 Å². The third-order valence-corrected chi connectivity index (χ3v) is 2.29. The molecule has 0 spiro atoms. The van der Waals surface area contributed by atoms with Crippen molar-refractivity contribution in [3.8, 4) is 0 Å². The highest BCUT2D eigenvalue weighted by atomic mass is 16.7. The van der Waals surface area contributed by atoms with E-state index in [1.807, 2.05) is 0 Å². The van der Waals surface area contributed by atoms with E-state index in [-0.39, 0.29) is 0 Å². The largest absolute Gasteiger partial charge is 0.505 e. The molecule has 8 nitrogen and oxygen atoms in total. The van der Waals surface area contributed by atoms with Gasteiger partial charge in [-0.15, -0.1) is 0 Å². The molecule has 0 aliphatic carbocycles. The lowest BCUT2D eigenvalue weighted by atomic mass is 10.1. The van der Waals surface area contributed by atoms with Crippen molar-refractivity contribution in [2.45, 2.75) is 25.7 Å². The fourth-order valence-electron chi connectivity index (χ4n) is 1.21. The number of hydrogen-bond acceptors (Lipinski definition) is 8. The van der Waals surface area contributed by atoms with Gasteiger partial charge in [-0.2, -0.15) is 0 Å². The average molecular weight is 262 g/mol. The average Bonchev–Trinajstić information content (AvgIpc) is 2.57. The topological polar surface area (TPSA) is 134 Å². The van der Waals surface area contributed by atoms with Gasteiger partial charge in [0.1, 0.15) is 6.61 Å². The van der Waals surface area contributed by atoms with Gasteiger partial charge in [-0.1, -0.05) is 13.8 Å². The number of esters is 2. The van der Waals surface area contributed by atoms with Crippen LogP contribution in [0.1, 0.15) is 13.8 Å². The predicted octanol–water partition coefficient (Wildman–Crippen LogP) is -0.880. The molecule has 0 aromatic carbocycles. The van der Waals surface area contributed by atoms with Gasteiger partial charge in [0.25, 0.3) is 5.79 Å². The van der Waals surface area contributed by atoms with Crippen LogP contribution in [0.25, 0.3) is 0 Å². The number of cyclic esters (lactones) is 1. The van der Waals surface area contributed by atoms with Crippen LogP contribution in [0.2, 0.25) is 0 Å². The highest BCUT2D eigenvalue weighted by Crippen LogP contribution is 2.29. The van der Waals surface area contributed by atoms with Crippen LogP contribution in [-0.2, 0) is 19.1 Å². The Balaban J connectivity index is 2.97. The first-order valence-electron chi connectivity index (χ1n) is 5.12. The first-order valence-corrected chi connectivity index (χ1v) is 5.12. The van der Waals surface area contributed by atoms with E-state index in [4.69, 9.17) is 10.2 Å². The second kappa shape index (κ2) is 4.83. The van der Waals surface area contributed by atoms with E-state index in [2.05, 4.69) is 9.47 Å². The zero-order chi connectivity index (χ0) is 14.1. The number of carbonyl (C=O) groups excluding carboxylic acids is 2. The molecule has 0 bridgehead atoms. The fourth-order valence-corrected chi connectivity index (χ4v) is 1.21. The molecule has 1 aliphatic heterocycles. The Morgan fingerprint density at radius 2 is 2.06 bits per heavy atom. The lowest BCUT2D eigenvalue weighted by Gasteiger charge is -2.30. The first kappa shape index (κ1) is 14.3. The first-order chi connectivity index (χ1) is 8.23. The normalized spacial score (nSPS) is 22.9. The van der Waals surface area contributed by atoms with E-state index in [1.54, 1.807) is 0 Å². The molecule has 0 unspecified atom stereocenters. The molecule has 0 aromatic rings. The molecule has 0 fully saturated rings. The molecule has 102 valence electrons. The summed E-state index contributed by atoms with van der Waals surface area (Å²) in [6.07, 6.45) is -1.86. The molecular formula is C10H14O8. The lowest BCUT2D eigenvalue weighted by Crippen LogP contribution is -2.51. The second-order valence-corrected chi connectivity index (χ2v) is 4.10. The second-order valence-electron chi connectivity index (χ2n) is 4.10. The third kappa shape index (κ3) is 2.39. The van der Waals surface area contributed by atoms with Crippen molar-refractivity contribution in [1.82, 2.24) is 0 Å². The molecule has 1 aliphatic rings. The summed E-state index contributed by atoms with van der Waals surface area (Å²) in [6, 6.07) is 0. The third-order valence-electron chi connectivity index (χ3n) is 2.29. The van der Waals surface area contributed by atoms with Crippen molar-refractivity contribution >= 4 is 11.9 Å². The van der Waals surface area contributed by atoms with Gasteiger partial charge in [-0.3, -0.25) is 4.79 Å². The minimum absolute atomic E-state index is 0.611. The Bertz CT molecular complexity index is 399. The molecule has 1 heterocycles. The van der Waals surface area contributed by atoms with E-state index in [0.29, 0.717) is 0 Å². The van der Waals surface area contributed by atoms with Crippen LogP contribution in [0.15, 0.2) is 11.5 Å². The van der Waals surface area contributed by atoms with Crippen LogP contribution in [0.3, 0.4) is 0 Å². The van der Waals surface area contributed by atoms with Gasteiger partial charge in [0.15, 0.2) is 5.76 Å². The lowest BCUT2D eigenvalue weighted by molar-refractivity contribution is -0.261. The number of hydrogen-bond donors (Lipinski definition) is 4. The van der Waals surface area contributed by atoms with E-state index in [1.165, 1.54) is 13.8 Å². The van der Waals surface area contributed by atoms with Gasteiger partial charge in [-0.05, 0) is 0 Å². The molecule has 0 saturated heterocycles. The van der Waals surface area contributed by atoms with Crippen LogP contribution >= 0.6 is 0 Å². The Hall–Kier alpha value is -1.80. The summed E-state index contributed by atoms with van der Waals surface area (Å²) in [7, 11) is 0. The van der Waals surface area contributed by atoms with Crippen molar-refractivity contribution in [3.05, 3.63) is 11.5 Å². The molecule has 1 rings (SSSR count). The van der Waals surface area contributed by atoms with Crippen LogP contribution in [-0.4, -0.2) is 50.9 Å². The van der Waals surface area contributed by atoms with E-state index >= 15 is 0 Å². The molecule has 0 saturated carbocycles. The summed E-state index contributed by atoms with van der Waals surface area (Å²) in [5, 5.41) is 37.3. The maximum atomic E-state index is 11.3. The van der Waals surface area contributed by atoms with Crippen molar-refractivity contribution in [2.75, 3.05) is 6.61 Å². The summed E-state index contributed by atoms with van der Waals surface area (Å²) >= 11 is 0. The number of carbonyl (C=O) groups is 2. The minimum Gasteiger partial charge on any atom is -0.505 e. The smallest absolute Gasteiger partial charge is 0.378 e. The monoisotopic (exact) mass is 262 g/mol. The Morgan fingerprint density at radius 1 is 1.50 bits per heavy atom. The summed E-state index contributed by atoms with van der Waals surface area (Å²) in [6.45, 7) is 1.84. The standard InChI is InChI=1S/C10H14O8/c1-4(2)8(14)18-10(16,3-11)7-5(12)6(13)9(15)17-7/h4,7,11-13,16H,3H2,1-2H3/t7-,10+/m0/s1. The van der Waals surface area contributed by atoms with Gasteiger partial charge in [0.2, 0.25) is 11.9 Å². The van der Waals surface area contributed by atoms with Crippen LogP contribution in [0.5, 0.6) is 0 Å². The van der Waals surface area contributed by atoms with Crippen molar-refractivity contribution in [2.24, 2.45) is 5.92 Å². The van der Waals surface area contributed by atoms with Gasteiger partial charge in [-0.25, -0.2) is 4.79 Å². The van der Waals surface area contributed by atoms with E-state index in [0.717, 1.165) is 0 Å². The number of rotatable bonds is 4. The minimum atomic E-state index is -2.65. The summed E-state index contributed by atoms with van der Waals surface area (Å²) in [5.41, 5.74) is 0. The highest BCUT2D eigenvalue weighted by Gasteiger charge is 2.52. The summed E-state index contributed by atoms with van der Waals surface area (Å²) in [4.78, 5) is 22.3. The molecule has 8 heteroatoms. The molecule has 2 atom stereocenters.